The van der Waals surface area contributed by atoms with Crippen molar-refractivity contribution >= 4 is 22.9 Å². The Morgan fingerprint density at radius 2 is 2.25 bits per heavy atom. The summed E-state index contributed by atoms with van der Waals surface area (Å²) in [6, 6.07) is 6.43. The highest BCUT2D eigenvalue weighted by Crippen LogP contribution is 2.38. The van der Waals surface area contributed by atoms with Crippen molar-refractivity contribution in [2.45, 2.75) is 37.7 Å². The molecule has 1 aliphatic carbocycles. The Hall–Kier alpha value is -0.900. The summed E-state index contributed by atoms with van der Waals surface area (Å²) in [6.07, 6.45) is 3.08. The van der Waals surface area contributed by atoms with Gasteiger partial charge in [-0.15, -0.1) is 11.3 Å². The SMILES string of the molecule is OC(Cc1cc(F)ccc1Cl)C1CCCc2sccc21. The topological polar surface area (TPSA) is 20.2 Å². The maximum atomic E-state index is 13.3. The lowest BCUT2D eigenvalue weighted by atomic mass is 9.82. The molecule has 1 aliphatic rings. The first kappa shape index (κ1) is 14.1. The number of fused-ring (bicyclic) bond motifs is 1. The minimum atomic E-state index is -0.511. The molecule has 1 aromatic carbocycles. The normalized spacial score (nSPS) is 19.6. The van der Waals surface area contributed by atoms with Gasteiger partial charge in [0.05, 0.1) is 6.10 Å². The van der Waals surface area contributed by atoms with Crippen molar-refractivity contribution in [1.82, 2.24) is 0 Å². The van der Waals surface area contributed by atoms with Gasteiger partial charge < -0.3 is 5.11 Å². The maximum Gasteiger partial charge on any atom is 0.123 e. The molecule has 4 heteroatoms. The quantitative estimate of drug-likeness (QED) is 0.881. The van der Waals surface area contributed by atoms with Gasteiger partial charge in [0.1, 0.15) is 5.82 Å². The van der Waals surface area contributed by atoms with E-state index < -0.39 is 6.10 Å². The van der Waals surface area contributed by atoms with Crippen LogP contribution in [0.1, 0.15) is 34.8 Å². The second kappa shape index (κ2) is 5.84. The fourth-order valence-electron chi connectivity index (χ4n) is 2.99. The number of halogens is 2. The number of aliphatic hydroxyl groups excluding tert-OH is 1. The van der Waals surface area contributed by atoms with Crippen LogP contribution < -0.4 is 0 Å². The molecule has 0 radical (unpaired) electrons. The molecule has 1 aromatic heterocycles. The second-order valence-electron chi connectivity index (χ2n) is 5.31. The number of thiophene rings is 1. The molecule has 0 fully saturated rings. The first-order valence-corrected chi connectivity index (χ1v) is 8.09. The molecule has 1 nitrogen and oxygen atoms in total. The molecule has 0 bridgehead atoms. The summed E-state index contributed by atoms with van der Waals surface area (Å²) in [7, 11) is 0. The molecule has 0 aliphatic heterocycles. The van der Waals surface area contributed by atoms with Crippen molar-refractivity contribution < 1.29 is 9.50 Å². The molecule has 1 heterocycles. The van der Waals surface area contributed by atoms with Gasteiger partial charge in [0, 0.05) is 22.2 Å². The summed E-state index contributed by atoms with van der Waals surface area (Å²) in [5, 5.41) is 13.1. The van der Waals surface area contributed by atoms with E-state index in [4.69, 9.17) is 11.6 Å². The van der Waals surface area contributed by atoms with Crippen molar-refractivity contribution in [2.75, 3.05) is 0 Å². The molecule has 2 aromatic rings. The smallest absolute Gasteiger partial charge is 0.123 e. The third-order valence-electron chi connectivity index (χ3n) is 4.00. The molecule has 20 heavy (non-hydrogen) atoms. The number of benzene rings is 1. The van der Waals surface area contributed by atoms with E-state index in [2.05, 4.69) is 11.4 Å². The lowest BCUT2D eigenvalue weighted by molar-refractivity contribution is 0.135. The van der Waals surface area contributed by atoms with Crippen molar-refractivity contribution in [2.24, 2.45) is 0 Å². The van der Waals surface area contributed by atoms with Crippen molar-refractivity contribution in [1.29, 1.82) is 0 Å². The first-order chi connectivity index (χ1) is 9.65. The van der Waals surface area contributed by atoms with Gasteiger partial charge in [0.15, 0.2) is 0 Å². The van der Waals surface area contributed by atoms with Gasteiger partial charge in [-0.3, -0.25) is 0 Å². The van der Waals surface area contributed by atoms with Crippen LogP contribution in [0.3, 0.4) is 0 Å². The summed E-state index contributed by atoms with van der Waals surface area (Å²) in [5.41, 5.74) is 1.95. The summed E-state index contributed by atoms with van der Waals surface area (Å²) in [4.78, 5) is 1.38. The molecular formula is C16H16ClFOS. The van der Waals surface area contributed by atoms with Crippen LogP contribution in [0.4, 0.5) is 4.39 Å². The van der Waals surface area contributed by atoms with E-state index in [1.165, 1.54) is 22.6 Å². The van der Waals surface area contributed by atoms with E-state index in [0.717, 1.165) is 19.3 Å². The van der Waals surface area contributed by atoms with Crippen LogP contribution in [-0.2, 0) is 12.8 Å². The van der Waals surface area contributed by atoms with Crippen molar-refractivity contribution in [3.63, 3.8) is 0 Å². The molecule has 0 saturated heterocycles. The lowest BCUT2D eigenvalue weighted by Gasteiger charge is -2.27. The second-order valence-corrected chi connectivity index (χ2v) is 6.71. The van der Waals surface area contributed by atoms with E-state index in [0.29, 0.717) is 17.0 Å². The summed E-state index contributed by atoms with van der Waals surface area (Å²) in [5.74, 6) is -0.166. The van der Waals surface area contributed by atoms with Crippen LogP contribution in [0.2, 0.25) is 5.02 Å². The van der Waals surface area contributed by atoms with Gasteiger partial charge in [0.25, 0.3) is 0 Å². The summed E-state index contributed by atoms with van der Waals surface area (Å²) >= 11 is 7.84. The molecule has 2 unspecified atom stereocenters. The van der Waals surface area contributed by atoms with E-state index in [9.17, 15) is 9.50 Å². The number of hydrogen-bond acceptors (Lipinski definition) is 2. The minimum absolute atomic E-state index is 0.143. The Kier molecular flexibility index (Phi) is 4.11. The Morgan fingerprint density at radius 3 is 3.10 bits per heavy atom. The first-order valence-electron chi connectivity index (χ1n) is 6.83. The third kappa shape index (κ3) is 2.76. The molecular weight excluding hydrogens is 295 g/mol. The lowest BCUT2D eigenvalue weighted by Crippen LogP contribution is -2.24. The number of hydrogen-bond donors (Lipinski definition) is 1. The predicted molar refractivity (Wildman–Crippen MR) is 81.1 cm³/mol. The summed E-state index contributed by atoms with van der Waals surface area (Å²) < 4.78 is 13.3. The van der Waals surface area contributed by atoms with Crippen LogP contribution in [0.25, 0.3) is 0 Å². The van der Waals surface area contributed by atoms with Crippen LogP contribution in [0.5, 0.6) is 0 Å². The number of aliphatic hydroxyl groups is 1. The molecule has 3 rings (SSSR count). The average Bonchev–Trinajstić information content (AvgIpc) is 2.91. The van der Waals surface area contributed by atoms with Gasteiger partial charge in [0.2, 0.25) is 0 Å². The zero-order valence-corrected chi connectivity index (χ0v) is 12.6. The van der Waals surface area contributed by atoms with Gasteiger partial charge in [-0.1, -0.05) is 11.6 Å². The zero-order valence-electron chi connectivity index (χ0n) is 11.0. The average molecular weight is 311 g/mol. The molecule has 0 saturated carbocycles. The molecule has 1 N–H and O–H groups in total. The van der Waals surface area contributed by atoms with Gasteiger partial charge in [-0.25, -0.2) is 4.39 Å². The monoisotopic (exact) mass is 310 g/mol. The van der Waals surface area contributed by atoms with Gasteiger partial charge in [-0.05, 0) is 60.0 Å². The third-order valence-corrected chi connectivity index (χ3v) is 5.36. The predicted octanol–water partition coefficient (Wildman–Crippen LogP) is 4.56. The zero-order chi connectivity index (χ0) is 14.1. The Labute approximate surface area is 127 Å². The van der Waals surface area contributed by atoms with E-state index >= 15 is 0 Å². The van der Waals surface area contributed by atoms with Gasteiger partial charge >= 0.3 is 0 Å². The Bertz CT molecular complexity index is 610. The van der Waals surface area contributed by atoms with E-state index in [-0.39, 0.29) is 11.7 Å². The molecule has 0 amide bonds. The van der Waals surface area contributed by atoms with Crippen molar-refractivity contribution in [3.05, 3.63) is 56.5 Å². The highest BCUT2D eigenvalue weighted by atomic mass is 35.5. The van der Waals surface area contributed by atoms with E-state index in [1.807, 2.05) is 0 Å². The van der Waals surface area contributed by atoms with Crippen LogP contribution in [0, 0.1) is 5.82 Å². The fraction of sp³-hybridized carbons (Fsp3) is 0.375. The maximum absolute atomic E-state index is 13.3. The Balaban J connectivity index is 1.81. The van der Waals surface area contributed by atoms with Crippen LogP contribution in [0.15, 0.2) is 29.6 Å². The molecule has 0 spiro atoms. The van der Waals surface area contributed by atoms with Gasteiger partial charge in [-0.2, -0.15) is 0 Å². The number of rotatable bonds is 3. The fourth-order valence-corrected chi connectivity index (χ4v) is 4.18. The highest BCUT2D eigenvalue weighted by molar-refractivity contribution is 7.10. The Morgan fingerprint density at radius 1 is 1.40 bits per heavy atom. The standard InChI is InChI=1S/C16H16ClFOS/c17-14-5-4-11(18)8-10(14)9-15(19)12-2-1-3-16-13(12)6-7-20-16/h4-8,12,15,19H,1-3,9H2. The molecule has 106 valence electrons. The van der Waals surface area contributed by atoms with Crippen LogP contribution in [-0.4, -0.2) is 11.2 Å². The van der Waals surface area contributed by atoms with Crippen LogP contribution >= 0.6 is 22.9 Å². The largest absolute Gasteiger partial charge is 0.392 e. The van der Waals surface area contributed by atoms with Crippen molar-refractivity contribution in [3.8, 4) is 0 Å². The summed E-state index contributed by atoms with van der Waals surface area (Å²) in [6.45, 7) is 0. The number of aryl methyl sites for hydroxylation is 1. The molecule has 2 atom stereocenters. The highest BCUT2D eigenvalue weighted by Gasteiger charge is 2.27. The minimum Gasteiger partial charge on any atom is -0.392 e. The van der Waals surface area contributed by atoms with E-state index in [1.54, 1.807) is 17.4 Å².